The van der Waals surface area contributed by atoms with Gasteiger partial charge in [-0.2, -0.15) is 0 Å². The van der Waals surface area contributed by atoms with Gasteiger partial charge in [0.2, 0.25) is 0 Å². The highest BCUT2D eigenvalue weighted by Gasteiger charge is 2.37. The summed E-state index contributed by atoms with van der Waals surface area (Å²) >= 11 is 7.49. The third kappa shape index (κ3) is 3.92. The highest BCUT2D eigenvalue weighted by Crippen LogP contribution is 2.35. The SMILES string of the molecule is COC1CC(CC(=O)O)N(C(=O)c2cc(C)c(-c3cccc(Cl)c3)s2)C1. The predicted molar refractivity (Wildman–Crippen MR) is 102 cm³/mol. The Morgan fingerprint density at radius 3 is 2.81 bits per heavy atom. The number of ether oxygens (including phenoxy) is 1. The van der Waals surface area contributed by atoms with Gasteiger partial charge in [-0.1, -0.05) is 23.7 Å². The number of aliphatic carboxylic acids is 1. The third-order valence-corrected chi connectivity index (χ3v) is 6.11. The molecule has 0 saturated carbocycles. The van der Waals surface area contributed by atoms with Gasteiger partial charge < -0.3 is 14.7 Å². The van der Waals surface area contributed by atoms with Crippen LogP contribution in [0.25, 0.3) is 10.4 Å². The minimum atomic E-state index is -0.911. The van der Waals surface area contributed by atoms with Crippen LogP contribution in [-0.4, -0.2) is 47.7 Å². The van der Waals surface area contributed by atoms with E-state index >= 15 is 0 Å². The topological polar surface area (TPSA) is 66.8 Å². The normalized spacial score (nSPS) is 19.7. The standard InChI is InChI=1S/C19H20ClNO4S/c1-11-6-16(26-18(11)12-4-3-5-13(20)7-12)19(24)21-10-15(25-2)8-14(21)9-17(22)23/h3-7,14-15H,8-10H2,1-2H3,(H,22,23). The number of carboxylic acids is 1. The summed E-state index contributed by atoms with van der Waals surface area (Å²) in [5.74, 6) is -1.05. The fourth-order valence-electron chi connectivity index (χ4n) is 3.33. The second kappa shape index (κ2) is 7.78. The highest BCUT2D eigenvalue weighted by atomic mass is 35.5. The minimum absolute atomic E-state index is 0.0723. The first-order chi connectivity index (χ1) is 12.4. The number of carbonyl (C=O) groups excluding carboxylic acids is 1. The van der Waals surface area contributed by atoms with Crippen LogP contribution >= 0.6 is 22.9 Å². The van der Waals surface area contributed by atoms with Gasteiger partial charge in [0.25, 0.3) is 5.91 Å². The fraction of sp³-hybridized carbons (Fsp3) is 0.368. The molecule has 138 valence electrons. The average molecular weight is 394 g/mol. The maximum atomic E-state index is 13.0. The van der Waals surface area contributed by atoms with Gasteiger partial charge in [0.15, 0.2) is 0 Å². The lowest BCUT2D eigenvalue weighted by atomic mass is 10.1. The summed E-state index contributed by atoms with van der Waals surface area (Å²) in [6, 6.07) is 9.04. The largest absolute Gasteiger partial charge is 0.481 e. The van der Waals surface area contributed by atoms with Crippen LogP contribution in [0.2, 0.25) is 5.02 Å². The zero-order chi connectivity index (χ0) is 18.8. The molecule has 1 N–H and O–H groups in total. The molecule has 7 heteroatoms. The zero-order valence-electron chi connectivity index (χ0n) is 14.6. The van der Waals surface area contributed by atoms with Crippen molar-refractivity contribution in [3.8, 4) is 10.4 Å². The lowest BCUT2D eigenvalue weighted by Crippen LogP contribution is -2.36. The number of nitrogens with zero attached hydrogens (tertiary/aromatic N) is 1. The lowest BCUT2D eigenvalue weighted by molar-refractivity contribution is -0.137. The van der Waals surface area contributed by atoms with Crippen LogP contribution in [0.1, 0.15) is 28.1 Å². The average Bonchev–Trinajstić information content (AvgIpc) is 3.17. The molecule has 3 rings (SSSR count). The van der Waals surface area contributed by atoms with Gasteiger partial charge in [0.05, 0.1) is 17.4 Å². The van der Waals surface area contributed by atoms with E-state index in [1.54, 1.807) is 12.0 Å². The monoisotopic (exact) mass is 393 g/mol. The summed E-state index contributed by atoms with van der Waals surface area (Å²) in [5, 5.41) is 9.78. The number of methoxy groups -OCH3 is 1. The predicted octanol–water partition coefficient (Wildman–Crippen LogP) is 4.08. The number of hydrogen-bond acceptors (Lipinski definition) is 4. The van der Waals surface area contributed by atoms with Crippen molar-refractivity contribution in [1.29, 1.82) is 0 Å². The number of thiophene rings is 1. The van der Waals surface area contributed by atoms with Crippen LogP contribution in [0.5, 0.6) is 0 Å². The summed E-state index contributed by atoms with van der Waals surface area (Å²) in [5.41, 5.74) is 1.97. The molecule has 0 aliphatic carbocycles. The van der Waals surface area contributed by atoms with Gasteiger partial charge in [0, 0.05) is 29.6 Å². The van der Waals surface area contributed by atoms with Gasteiger partial charge in [-0.15, -0.1) is 11.3 Å². The Bertz CT molecular complexity index is 835. The molecule has 1 aliphatic rings. The quantitative estimate of drug-likeness (QED) is 0.831. The molecule has 2 heterocycles. The highest BCUT2D eigenvalue weighted by molar-refractivity contribution is 7.17. The maximum Gasteiger partial charge on any atom is 0.305 e. The van der Waals surface area contributed by atoms with E-state index in [4.69, 9.17) is 21.4 Å². The Morgan fingerprint density at radius 2 is 2.15 bits per heavy atom. The van der Waals surface area contributed by atoms with E-state index in [0.29, 0.717) is 22.9 Å². The van der Waals surface area contributed by atoms with Crippen LogP contribution in [-0.2, 0) is 9.53 Å². The summed E-state index contributed by atoms with van der Waals surface area (Å²) in [4.78, 5) is 27.4. The van der Waals surface area contributed by atoms with E-state index in [0.717, 1.165) is 16.0 Å². The minimum Gasteiger partial charge on any atom is -0.481 e. The van der Waals surface area contributed by atoms with E-state index in [-0.39, 0.29) is 24.5 Å². The van der Waals surface area contributed by atoms with Crippen LogP contribution in [0, 0.1) is 6.92 Å². The molecule has 2 aromatic rings. The van der Waals surface area contributed by atoms with Crippen molar-refractivity contribution in [3.63, 3.8) is 0 Å². The molecular weight excluding hydrogens is 374 g/mol. The van der Waals surface area contributed by atoms with Crippen molar-refractivity contribution in [2.75, 3.05) is 13.7 Å². The number of hydrogen-bond donors (Lipinski definition) is 1. The number of benzene rings is 1. The Kier molecular flexibility index (Phi) is 5.65. The molecular formula is C19H20ClNO4S. The lowest BCUT2D eigenvalue weighted by Gasteiger charge is -2.22. The molecule has 1 aliphatic heterocycles. The number of likely N-dealkylation sites (tertiary alicyclic amines) is 1. The molecule has 2 atom stereocenters. The molecule has 0 radical (unpaired) electrons. The summed E-state index contributed by atoms with van der Waals surface area (Å²) < 4.78 is 5.35. The van der Waals surface area contributed by atoms with Crippen molar-refractivity contribution < 1.29 is 19.4 Å². The number of aryl methyl sites for hydroxylation is 1. The Hall–Kier alpha value is -1.89. The molecule has 1 aromatic heterocycles. The molecule has 1 amide bonds. The molecule has 1 fully saturated rings. The van der Waals surface area contributed by atoms with E-state index in [2.05, 4.69) is 0 Å². The Labute approximate surface area is 161 Å². The number of amides is 1. The zero-order valence-corrected chi connectivity index (χ0v) is 16.1. The smallest absolute Gasteiger partial charge is 0.305 e. The van der Waals surface area contributed by atoms with Gasteiger partial charge in [0.1, 0.15) is 0 Å². The number of carboxylic acid groups (broad SMARTS) is 1. The van der Waals surface area contributed by atoms with Crippen molar-refractivity contribution in [1.82, 2.24) is 4.90 Å². The van der Waals surface area contributed by atoms with Crippen molar-refractivity contribution >= 4 is 34.8 Å². The van der Waals surface area contributed by atoms with Crippen LogP contribution in [0.3, 0.4) is 0 Å². The first kappa shape index (κ1) is 18.9. The van der Waals surface area contributed by atoms with Gasteiger partial charge >= 0.3 is 5.97 Å². The van der Waals surface area contributed by atoms with Crippen molar-refractivity contribution in [2.45, 2.75) is 31.9 Å². The molecule has 26 heavy (non-hydrogen) atoms. The fourth-order valence-corrected chi connectivity index (χ4v) is 4.65. The third-order valence-electron chi connectivity index (χ3n) is 4.60. The number of carbonyl (C=O) groups is 2. The molecule has 2 unspecified atom stereocenters. The number of rotatable bonds is 5. The molecule has 0 spiro atoms. The van der Waals surface area contributed by atoms with E-state index in [1.165, 1.54) is 11.3 Å². The molecule has 0 bridgehead atoms. The Morgan fingerprint density at radius 1 is 1.38 bits per heavy atom. The summed E-state index contributed by atoms with van der Waals surface area (Å²) in [7, 11) is 1.59. The summed E-state index contributed by atoms with van der Waals surface area (Å²) in [6.45, 7) is 2.37. The van der Waals surface area contributed by atoms with Crippen molar-refractivity contribution in [3.05, 3.63) is 45.8 Å². The second-order valence-corrected chi connectivity index (χ2v) is 7.92. The molecule has 5 nitrogen and oxygen atoms in total. The van der Waals surface area contributed by atoms with Gasteiger partial charge in [-0.3, -0.25) is 9.59 Å². The second-order valence-electron chi connectivity index (χ2n) is 6.44. The number of halogens is 1. The molecule has 1 aromatic carbocycles. The van der Waals surface area contributed by atoms with E-state index < -0.39 is 5.97 Å². The van der Waals surface area contributed by atoms with Crippen LogP contribution in [0.4, 0.5) is 0 Å². The molecule has 1 saturated heterocycles. The first-order valence-electron chi connectivity index (χ1n) is 8.31. The van der Waals surface area contributed by atoms with E-state index in [1.807, 2.05) is 37.3 Å². The van der Waals surface area contributed by atoms with Crippen LogP contribution in [0.15, 0.2) is 30.3 Å². The first-order valence-corrected chi connectivity index (χ1v) is 9.50. The van der Waals surface area contributed by atoms with Crippen LogP contribution < -0.4 is 0 Å². The van der Waals surface area contributed by atoms with Gasteiger partial charge in [-0.25, -0.2) is 0 Å². The Balaban J connectivity index is 1.87. The van der Waals surface area contributed by atoms with E-state index in [9.17, 15) is 9.59 Å². The van der Waals surface area contributed by atoms with Gasteiger partial charge in [-0.05, 0) is 42.7 Å². The summed E-state index contributed by atoms with van der Waals surface area (Å²) in [6.07, 6.45) is 0.341. The van der Waals surface area contributed by atoms with Crippen molar-refractivity contribution in [2.24, 2.45) is 0 Å². The maximum absolute atomic E-state index is 13.0.